The fourth-order valence-electron chi connectivity index (χ4n) is 1.43. The highest BCUT2D eigenvalue weighted by Crippen LogP contribution is 2.06. The number of nitrogens with one attached hydrogen (secondary N) is 2. The normalized spacial score (nSPS) is 11.0. The van der Waals surface area contributed by atoms with Crippen LogP contribution in [0.2, 0.25) is 0 Å². The quantitative estimate of drug-likeness (QED) is 0.500. The van der Waals surface area contributed by atoms with Gasteiger partial charge in [-0.15, -0.1) is 0 Å². The molecule has 0 saturated heterocycles. The first kappa shape index (κ1) is 18.7. The lowest BCUT2D eigenvalue weighted by Gasteiger charge is -2.19. The van der Waals surface area contributed by atoms with Crippen molar-refractivity contribution in [2.75, 3.05) is 26.2 Å². The summed E-state index contributed by atoms with van der Waals surface area (Å²) < 4.78 is 9.93. The molecule has 0 saturated carbocycles. The summed E-state index contributed by atoms with van der Waals surface area (Å²) in [6, 6.07) is 0. The zero-order chi connectivity index (χ0) is 15.4. The number of hydrogen-bond donors (Lipinski definition) is 2. The molecular weight excluding hydrogens is 260 g/mol. The van der Waals surface area contributed by atoms with Gasteiger partial charge in [-0.05, 0) is 47.1 Å². The summed E-state index contributed by atoms with van der Waals surface area (Å²) in [5.41, 5.74) is -0.460. The van der Waals surface area contributed by atoms with Crippen LogP contribution < -0.4 is 10.6 Å². The predicted molar refractivity (Wildman–Crippen MR) is 77.6 cm³/mol. The van der Waals surface area contributed by atoms with Crippen LogP contribution in [0.4, 0.5) is 4.79 Å². The van der Waals surface area contributed by atoms with Crippen LogP contribution in [0.15, 0.2) is 0 Å². The van der Waals surface area contributed by atoms with Crippen molar-refractivity contribution in [1.29, 1.82) is 0 Å². The van der Waals surface area contributed by atoms with E-state index in [1.165, 1.54) is 0 Å². The molecule has 2 N–H and O–H groups in total. The van der Waals surface area contributed by atoms with Crippen molar-refractivity contribution in [1.82, 2.24) is 10.6 Å². The second kappa shape index (κ2) is 10.5. The van der Waals surface area contributed by atoms with Gasteiger partial charge >= 0.3 is 12.1 Å². The van der Waals surface area contributed by atoms with Crippen LogP contribution in [0, 0.1) is 0 Å². The standard InChI is InChI=1S/C14H28N2O4/c1-5-19-12(17)8-11-15-9-6-7-10-16-13(18)20-14(2,3)4/h15H,5-11H2,1-4H3,(H,16,18). The largest absolute Gasteiger partial charge is 0.466 e. The van der Waals surface area contributed by atoms with E-state index in [4.69, 9.17) is 9.47 Å². The van der Waals surface area contributed by atoms with Gasteiger partial charge < -0.3 is 20.1 Å². The molecular formula is C14H28N2O4. The van der Waals surface area contributed by atoms with Crippen LogP contribution in [0.25, 0.3) is 0 Å². The summed E-state index contributed by atoms with van der Waals surface area (Å²) in [6.45, 7) is 9.75. The highest BCUT2D eigenvalue weighted by molar-refractivity contribution is 5.69. The molecule has 0 unspecified atom stereocenters. The minimum atomic E-state index is -0.460. The third-order valence-corrected chi connectivity index (χ3v) is 2.26. The number of ether oxygens (including phenoxy) is 2. The van der Waals surface area contributed by atoms with Crippen molar-refractivity contribution >= 4 is 12.1 Å². The first-order chi connectivity index (χ1) is 9.35. The molecule has 0 atom stereocenters. The van der Waals surface area contributed by atoms with Gasteiger partial charge in [-0.25, -0.2) is 4.79 Å². The van der Waals surface area contributed by atoms with Gasteiger partial charge in [0.15, 0.2) is 0 Å². The summed E-state index contributed by atoms with van der Waals surface area (Å²) >= 11 is 0. The molecule has 0 spiro atoms. The lowest BCUT2D eigenvalue weighted by Crippen LogP contribution is -2.33. The molecule has 0 bridgehead atoms. The first-order valence-electron chi connectivity index (χ1n) is 7.18. The number of alkyl carbamates (subject to hydrolysis) is 1. The number of carbonyl (C=O) groups excluding carboxylic acids is 2. The van der Waals surface area contributed by atoms with E-state index in [-0.39, 0.29) is 12.1 Å². The average Bonchev–Trinajstić information content (AvgIpc) is 2.30. The van der Waals surface area contributed by atoms with E-state index in [2.05, 4.69) is 10.6 Å². The van der Waals surface area contributed by atoms with Gasteiger partial charge in [-0.3, -0.25) is 4.79 Å². The van der Waals surface area contributed by atoms with Gasteiger partial charge in [0.1, 0.15) is 5.60 Å². The highest BCUT2D eigenvalue weighted by Gasteiger charge is 2.15. The number of unbranched alkanes of at least 4 members (excludes halogenated alkanes) is 1. The lowest BCUT2D eigenvalue weighted by atomic mass is 10.2. The van der Waals surface area contributed by atoms with Gasteiger partial charge in [0, 0.05) is 13.1 Å². The van der Waals surface area contributed by atoms with Gasteiger partial charge in [0.05, 0.1) is 13.0 Å². The summed E-state index contributed by atoms with van der Waals surface area (Å²) in [5, 5.41) is 5.86. The van der Waals surface area contributed by atoms with Crippen molar-refractivity contribution in [3.8, 4) is 0 Å². The van der Waals surface area contributed by atoms with Crippen molar-refractivity contribution in [2.24, 2.45) is 0 Å². The highest BCUT2D eigenvalue weighted by atomic mass is 16.6. The molecule has 6 nitrogen and oxygen atoms in total. The third-order valence-electron chi connectivity index (χ3n) is 2.26. The number of amides is 1. The Hall–Kier alpha value is -1.30. The van der Waals surface area contributed by atoms with E-state index in [1.807, 2.05) is 20.8 Å². The predicted octanol–water partition coefficient (Wildman–Crippen LogP) is 1.83. The fraction of sp³-hybridized carbons (Fsp3) is 0.857. The van der Waals surface area contributed by atoms with Crippen LogP contribution in [0.3, 0.4) is 0 Å². The zero-order valence-corrected chi connectivity index (χ0v) is 13.1. The molecule has 0 aliphatic rings. The Morgan fingerprint density at radius 1 is 1.05 bits per heavy atom. The van der Waals surface area contributed by atoms with E-state index in [0.717, 1.165) is 19.4 Å². The lowest BCUT2D eigenvalue weighted by molar-refractivity contribution is -0.142. The van der Waals surface area contributed by atoms with Gasteiger partial charge in [0.2, 0.25) is 0 Å². The molecule has 1 amide bonds. The van der Waals surface area contributed by atoms with Crippen molar-refractivity contribution < 1.29 is 19.1 Å². The summed E-state index contributed by atoms with van der Waals surface area (Å²) in [7, 11) is 0. The zero-order valence-electron chi connectivity index (χ0n) is 13.1. The topological polar surface area (TPSA) is 76.7 Å². The molecule has 0 aliphatic heterocycles. The number of carbonyl (C=O) groups is 2. The number of hydrogen-bond acceptors (Lipinski definition) is 5. The Kier molecular flexibility index (Phi) is 9.80. The third kappa shape index (κ3) is 13.1. The van der Waals surface area contributed by atoms with Crippen molar-refractivity contribution in [2.45, 2.75) is 52.6 Å². The van der Waals surface area contributed by atoms with Crippen molar-refractivity contribution in [3.63, 3.8) is 0 Å². The molecule has 0 aliphatic carbocycles. The Morgan fingerprint density at radius 3 is 2.30 bits per heavy atom. The summed E-state index contributed by atoms with van der Waals surface area (Å²) in [6.07, 6.45) is 1.81. The Bertz CT molecular complexity index is 287. The summed E-state index contributed by atoms with van der Waals surface area (Å²) in [4.78, 5) is 22.4. The molecule has 0 aromatic rings. The number of rotatable bonds is 9. The van der Waals surface area contributed by atoms with E-state index in [0.29, 0.717) is 26.1 Å². The second-order valence-electron chi connectivity index (χ2n) is 5.44. The minimum Gasteiger partial charge on any atom is -0.466 e. The van der Waals surface area contributed by atoms with Crippen LogP contribution in [0.1, 0.15) is 47.0 Å². The van der Waals surface area contributed by atoms with Gasteiger partial charge in [-0.2, -0.15) is 0 Å². The molecule has 0 radical (unpaired) electrons. The van der Waals surface area contributed by atoms with E-state index in [9.17, 15) is 9.59 Å². The molecule has 20 heavy (non-hydrogen) atoms. The van der Waals surface area contributed by atoms with Gasteiger partial charge in [0.25, 0.3) is 0 Å². The molecule has 0 fully saturated rings. The maximum Gasteiger partial charge on any atom is 0.407 e. The number of esters is 1. The Morgan fingerprint density at radius 2 is 1.70 bits per heavy atom. The molecule has 0 aromatic heterocycles. The monoisotopic (exact) mass is 288 g/mol. The van der Waals surface area contributed by atoms with E-state index in [1.54, 1.807) is 6.92 Å². The van der Waals surface area contributed by atoms with Crippen molar-refractivity contribution in [3.05, 3.63) is 0 Å². The maximum atomic E-state index is 11.3. The van der Waals surface area contributed by atoms with E-state index < -0.39 is 5.60 Å². The smallest absolute Gasteiger partial charge is 0.407 e. The molecule has 6 heteroatoms. The fourth-order valence-corrected chi connectivity index (χ4v) is 1.43. The Balaban J connectivity index is 3.33. The minimum absolute atomic E-state index is 0.174. The molecule has 0 rings (SSSR count). The Labute approximate surface area is 121 Å². The van der Waals surface area contributed by atoms with Crippen LogP contribution in [0.5, 0.6) is 0 Å². The molecule has 118 valence electrons. The summed E-state index contributed by atoms with van der Waals surface area (Å²) in [5.74, 6) is -0.174. The van der Waals surface area contributed by atoms with Gasteiger partial charge in [-0.1, -0.05) is 0 Å². The molecule has 0 heterocycles. The SMILES string of the molecule is CCOC(=O)CCNCCCCNC(=O)OC(C)(C)C. The maximum absolute atomic E-state index is 11.3. The first-order valence-corrected chi connectivity index (χ1v) is 7.18. The van der Waals surface area contributed by atoms with E-state index >= 15 is 0 Å². The molecule has 0 aromatic carbocycles. The van der Waals surface area contributed by atoms with Crippen LogP contribution in [-0.4, -0.2) is 43.9 Å². The second-order valence-corrected chi connectivity index (χ2v) is 5.44. The van der Waals surface area contributed by atoms with Crippen LogP contribution >= 0.6 is 0 Å². The van der Waals surface area contributed by atoms with Crippen LogP contribution in [-0.2, 0) is 14.3 Å². The average molecular weight is 288 g/mol.